The fraction of sp³-hybridized carbons (Fsp3) is 0.250. The zero-order chi connectivity index (χ0) is 17.2. The number of nitrogens with zero attached hydrogens (tertiary/aromatic N) is 1. The molecule has 0 bridgehead atoms. The lowest BCUT2D eigenvalue weighted by Gasteiger charge is -2.14. The quantitative estimate of drug-likeness (QED) is 0.618. The van der Waals surface area contributed by atoms with Gasteiger partial charge in [0, 0.05) is 11.6 Å². The summed E-state index contributed by atoms with van der Waals surface area (Å²) in [6.07, 6.45) is 2.64. The highest BCUT2D eigenvalue weighted by Gasteiger charge is 2.21. The first-order valence-corrected chi connectivity index (χ1v) is 6.65. The number of carbonyl (C=O) groups is 3. The van der Waals surface area contributed by atoms with E-state index in [1.165, 1.54) is 44.6 Å². The second-order valence-corrected chi connectivity index (χ2v) is 4.40. The lowest BCUT2D eigenvalue weighted by molar-refractivity contribution is -0.143. The average molecular weight is 316 g/mol. The number of hydrogen-bond acceptors (Lipinski definition) is 6. The predicted molar refractivity (Wildman–Crippen MR) is 80.2 cm³/mol. The number of carbonyl (C=O) groups excluding carboxylic acids is 3. The Morgan fingerprint density at radius 3 is 2.39 bits per heavy atom. The van der Waals surface area contributed by atoms with Gasteiger partial charge in [0.2, 0.25) is 0 Å². The van der Waals surface area contributed by atoms with Crippen molar-refractivity contribution in [3.63, 3.8) is 0 Å². The lowest BCUT2D eigenvalue weighted by atomic mass is 10.1. The normalized spacial score (nSPS) is 11.3. The van der Waals surface area contributed by atoms with Crippen LogP contribution in [0.2, 0.25) is 0 Å². The third-order valence-corrected chi connectivity index (χ3v) is 2.89. The first-order valence-electron chi connectivity index (χ1n) is 6.65. The van der Waals surface area contributed by atoms with E-state index in [9.17, 15) is 14.4 Å². The maximum absolute atomic E-state index is 12.1. The third kappa shape index (κ3) is 5.63. The molecule has 0 aliphatic heterocycles. The van der Waals surface area contributed by atoms with Gasteiger partial charge in [0.05, 0.1) is 25.9 Å². The molecule has 0 aliphatic rings. The van der Waals surface area contributed by atoms with Crippen molar-refractivity contribution in [2.45, 2.75) is 12.5 Å². The van der Waals surface area contributed by atoms with Gasteiger partial charge in [0.1, 0.15) is 6.04 Å². The van der Waals surface area contributed by atoms with Crippen LogP contribution < -0.4 is 5.32 Å². The van der Waals surface area contributed by atoms with Crippen LogP contribution in [0.5, 0.6) is 0 Å². The minimum atomic E-state index is -0.941. The summed E-state index contributed by atoms with van der Waals surface area (Å²) in [6, 6.07) is 6.96. The largest absolute Gasteiger partial charge is 0.467 e. The van der Waals surface area contributed by atoms with Crippen LogP contribution in [0.25, 0.3) is 0 Å². The van der Waals surface area contributed by atoms with E-state index in [0.717, 1.165) is 6.08 Å². The molecule has 0 aliphatic carbocycles. The van der Waals surface area contributed by atoms with E-state index in [1.807, 2.05) is 6.07 Å². The van der Waals surface area contributed by atoms with Crippen LogP contribution in [0.1, 0.15) is 22.3 Å². The molecule has 120 valence electrons. The van der Waals surface area contributed by atoms with E-state index in [1.54, 1.807) is 0 Å². The summed E-state index contributed by atoms with van der Waals surface area (Å²) in [7, 11) is 2.43. The molecule has 0 saturated heterocycles. The van der Waals surface area contributed by atoms with Gasteiger partial charge in [-0.3, -0.25) is 4.79 Å². The summed E-state index contributed by atoms with van der Waals surface area (Å²) >= 11 is 0. The van der Waals surface area contributed by atoms with Gasteiger partial charge in [-0.15, -0.1) is 0 Å². The summed E-state index contributed by atoms with van der Waals surface area (Å²) in [4.78, 5) is 34.8. The second kappa shape index (κ2) is 9.00. The zero-order valence-electron chi connectivity index (χ0n) is 12.7. The number of amides is 1. The molecule has 1 amide bonds. The molecule has 0 spiro atoms. The molecule has 7 heteroatoms. The number of methoxy groups -OCH3 is 2. The molecule has 1 aromatic carbocycles. The molecule has 0 saturated carbocycles. The minimum absolute atomic E-state index is 0.0732. The van der Waals surface area contributed by atoms with Gasteiger partial charge in [-0.25, -0.2) is 9.59 Å². The Labute approximate surface area is 133 Å². The highest BCUT2D eigenvalue weighted by Crippen LogP contribution is 2.05. The second-order valence-electron chi connectivity index (χ2n) is 4.40. The number of hydrogen-bond donors (Lipinski definition) is 1. The van der Waals surface area contributed by atoms with Crippen molar-refractivity contribution in [3.8, 4) is 6.07 Å². The lowest BCUT2D eigenvalue weighted by Crippen LogP contribution is -2.41. The number of esters is 2. The van der Waals surface area contributed by atoms with Crippen LogP contribution in [0, 0.1) is 11.3 Å². The fourth-order valence-electron chi connectivity index (χ4n) is 1.66. The van der Waals surface area contributed by atoms with E-state index < -0.39 is 23.9 Å². The van der Waals surface area contributed by atoms with Gasteiger partial charge >= 0.3 is 11.9 Å². The van der Waals surface area contributed by atoms with Crippen molar-refractivity contribution in [2.24, 2.45) is 0 Å². The van der Waals surface area contributed by atoms with E-state index in [-0.39, 0.29) is 6.42 Å². The first-order chi connectivity index (χ1) is 11.0. The topological polar surface area (TPSA) is 105 Å². The third-order valence-electron chi connectivity index (χ3n) is 2.89. The Balaban J connectivity index is 2.77. The van der Waals surface area contributed by atoms with E-state index >= 15 is 0 Å². The van der Waals surface area contributed by atoms with E-state index in [4.69, 9.17) is 5.26 Å². The summed E-state index contributed by atoms with van der Waals surface area (Å²) in [5.74, 6) is -1.69. The molecule has 0 unspecified atom stereocenters. The monoisotopic (exact) mass is 316 g/mol. The summed E-state index contributed by atoms with van der Waals surface area (Å²) < 4.78 is 9.06. The average Bonchev–Trinajstić information content (AvgIpc) is 2.59. The molecule has 1 aromatic rings. The first kappa shape index (κ1) is 17.9. The Morgan fingerprint density at radius 2 is 1.87 bits per heavy atom. The van der Waals surface area contributed by atoms with Crippen molar-refractivity contribution < 1.29 is 23.9 Å². The molecule has 23 heavy (non-hydrogen) atoms. The van der Waals surface area contributed by atoms with Crippen molar-refractivity contribution in [1.82, 2.24) is 5.32 Å². The number of ether oxygens (including phenoxy) is 2. The van der Waals surface area contributed by atoms with Crippen LogP contribution >= 0.6 is 0 Å². The number of rotatable bonds is 6. The number of benzene rings is 1. The van der Waals surface area contributed by atoms with Crippen LogP contribution in [0.15, 0.2) is 36.4 Å². The van der Waals surface area contributed by atoms with Crippen molar-refractivity contribution >= 4 is 17.8 Å². The Morgan fingerprint density at radius 1 is 1.22 bits per heavy atom. The predicted octanol–water partition coefficient (Wildman–Crippen LogP) is 0.949. The highest BCUT2D eigenvalue weighted by atomic mass is 16.5. The molecule has 1 atom stereocenters. The molecule has 1 rings (SSSR count). The van der Waals surface area contributed by atoms with Gasteiger partial charge < -0.3 is 14.8 Å². The molecule has 0 fully saturated rings. The van der Waals surface area contributed by atoms with Crippen LogP contribution in [-0.4, -0.2) is 38.1 Å². The van der Waals surface area contributed by atoms with Crippen LogP contribution in [-0.2, 0) is 19.1 Å². The van der Waals surface area contributed by atoms with Crippen LogP contribution in [0.4, 0.5) is 0 Å². The summed E-state index contributed by atoms with van der Waals surface area (Å²) in [5.41, 5.74) is 0.724. The van der Waals surface area contributed by atoms with Gasteiger partial charge in [0.15, 0.2) is 0 Å². The minimum Gasteiger partial charge on any atom is -0.467 e. The maximum Gasteiger partial charge on any atom is 0.330 e. The molecule has 0 radical (unpaired) electrons. The summed E-state index contributed by atoms with van der Waals surface area (Å²) in [5, 5.41) is 11.2. The van der Waals surface area contributed by atoms with Gasteiger partial charge in [-0.05, 0) is 30.7 Å². The SMILES string of the molecule is COC(=O)/C=C/C[C@@H](NC(=O)c1ccc(C#N)cc1)C(=O)OC. The summed E-state index contributed by atoms with van der Waals surface area (Å²) in [6.45, 7) is 0. The Hall–Kier alpha value is -3.14. The van der Waals surface area contributed by atoms with Crippen molar-refractivity contribution in [3.05, 3.63) is 47.5 Å². The maximum atomic E-state index is 12.1. The molecule has 7 nitrogen and oxygen atoms in total. The molecular formula is C16H16N2O5. The van der Waals surface area contributed by atoms with Crippen molar-refractivity contribution in [2.75, 3.05) is 14.2 Å². The molecule has 1 N–H and O–H groups in total. The molecular weight excluding hydrogens is 300 g/mol. The zero-order valence-corrected chi connectivity index (χ0v) is 12.7. The molecule has 0 heterocycles. The van der Waals surface area contributed by atoms with Gasteiger partial charge in [0.25, 0.3) is 5.91 Å². The number of nitrogens with one attached hydrogen (secondary N) is 1. The van der Waals surface area contributed by atoms with Gasteiger partial charge in [-0.1, -0.05) is 6.08 Å². The smallest absolute Gasteiger partial charge is 0.330 e. The van der Waals surface area contributed by atoms with E-state index in [0.29, 0.717) is 11.1 Å². The van der Waals surface area contributed by atoms with Crippen molar-refractivity contribution in [1.29, 1.82) is 5.26 Å². The van der Waals surface area contributed by atoms with Crippen LogP contribution in [0.3, 0.4) is 0 Å². The van der Waals surface area contributed by atoms with E-state index in [2.05, 4.69) is 14.8 Å². The molecule has 0 aromatic heterocycles. The Bertz CT molecular complexity index is 643. The standard InChI is InChI=1S/C16H16N2O5/c1-22-14(19)5-3-4-13(16(21)23-2)18-15(20)12-8-6-11(10-17)7-9-12/h3,5-9,13H,4H2,1-2H3,(H,18,20)/b5-3+/t13-/m1/s1. The number of nitriles is 1. The fourth-order valence-corrected chi connectivity index (χ4v) is 1.66. The Kier molecular flexibility index (Phi) is 7.01. The van der Waals surface area contributed by atoms with Gasteiger partial charge in [-0.2, -0.15) is 5.26 Å². The highest BCUT2D eigenvalue weighted by molar-refractivity contribution is 5.96.